The van der Waals surface area contributed by atoms with Crippen molar-refractivity contribution in [1.29, 1.82) is 0 Å². The van der Waals surface area contributed by atoms with Crippen LogP contribution in [0.25, 0.3) is 21.8 Å². The number of hydrogen-bond donors (Lipinski definition) is 21. The van der Waals surface area contributed by atoms with Crippen molar-refractivity contribution in [2.45, 2.75) is 192 Å². The fourth-order valence-electron chi connectivity index (χ4n) is 13.6. The van der Waals surface area contributed by atoms with Crippen LogP contribution in [-0.4, -0.2) is 344 Å². The number of aromatic amines is 3. The Bertz CT molecular complexity index is 4660. The number of hydrogen-bond acceptors (Lipinski definition) is 29. The molecule has 1 unspecified atom stereocenters. The Morgan fingerprint density at radius 3 is 1.42 bits per heavy atom. The highest BCUT2D eigenvalue weighted by Crippen LogP contribution is 2.26. The molecule has 48 heteroatoms. The molecule has 2 aromatic carbocycles. The molecule has 5 aromatic rings. The second-order valence-corrected chi connectivity index (χ2v) is 35.7. The number of nitrogens with zero attached hydrogens (tertiary/aromatic N) is 1. The summed E-state index contributed by atoms with van der Waals surface area (Å²) in [6, 6.07) is -6.55. The molecule has 13 atom stereocenters. The van der Waals surface area contributed by atoms with E-state index in [1.54, 1.807) is 102 Å². The van der Waals surface area contributed by atoms with Crippen LogP contribution in [0.5, 0.6) is 0 Å². The first-order valence-corrected chi connectivity index (χ1v) is 47.4. The summed E-state index contributed by atoms with van der Waals surface area (Å²) in [4.78, 5) is 241. The van der Waals surface area contributed by atoms with Gasteiger partial charge in [-0.2, -0.15) is 0 Å². The molecule has 1 saturated heterocycles. The van der Waals surface area contributed by atoms with Crippen molar-refractivity contribution in [3.8, 4) is 0 Å². The fraction of sp³-hybridized carbons (Fsp3) is 0.602. The summed E-state index contributed by atoms with van der Waals surface area (Å²) in [7, 11) is 1.45. The molecule has 0 radical (unpaired) electrons. The number of benzene rings is 2. The molecule has 46 nitrogen and oxygen atoms in total. The number of carboxylic acids is 3. The van der Waals surface area contributed by atoms with Crippen molar-refractivity contribution in [2.75, 3.05) is 130 Å². The van der Waals surface area contributed by atoms with Crippen LogP contribution in [0.3, 0.4) is 0 Å². The van der Waals surface area contributed by atoms with E-state index in [2.05, 4.69) is 89.1 Å². The number of imidazole rings is 1. The van der Waals surface area contributed by atoms with Gasteiger partial charge in [-0.05, 0) is 74.1 Å². The van der Waals surface area contributed by atoms with Crippen molar-refractivity contribution in [3.63, 3.8) is 0 Å². The average Bonchev–Trinajstić information content (AvgIpc) is 1.70. The number of ether oxygens (including phenoxy) is 8. The van der Waals surface area contributed by atoms with Gasteiger partial charge in [-0.15, -0.1) is 0 Å². The first kappa shape index (κ1) is 113. The Morgan fingerprint density at radius 2 is 0.941 bits per heavy atom. The molecule has 0 spiro atoms. The van der Waals surface area contributed by atoms with Gasteiger partial charge in [0.2, 0.25) is 76.8 Å². The summed E-state index contributed by atoms with van der Waals surface area (Å²) in [6.45, 7) is 16.3. The summed E-state index contributed by atoms with van der Waals surface area (Å²) in [5.41, 5.74) is 7.79. The first-order chi connectivity index (χ1) is 65.0. The molecule has 1 aliphatic heterocycles. The van der Waals surface area contributed by atoms with Gasteiger partial charge in [0.25, 0.3) is 0 Å². The van der Waals surface area contributed by atoms with E-state index in [1.807, 2.05) is 0 Å². The third kappa shape index (κ3) is 42.0. The van der Waals surface area contributed by atoms with Gasteiger partial charge in [-0.3, -0.25) is 71.9 Å². The van der Waals surface area contributed by atoms with E-state index in [1.165, 1.54) is 19.4 Å². The molecule has 22 N–H and O–H groups in total. The predicted molar refractivity (Wildman–Crippen MR) is 495 cm³/mol. The van der Waals surface area contributed by atoms with Crippen LogP contribution in [0.2, 0.25) is 0 Å². The van der Waals surface area contributed by atoms with E-state index < -0.39 is 223 Å². The Labute approximate surface area is 794 Å². The van der Waals surface area contributed by atoms with E-state index in [9.17, 15) is 78.0 Å². The summed E-state index contributed by atoms with van der Waals surface area (Å²) in [5.74, 6) is -20.9. The third-order valence-electron chi connectivity index (χ3n) is 20.7. The SMILES string of the molecule is CC(C)C[C@@H]1NC(=O)[C@H](Cc2cnc[nH]2)NC(=O)[C@H](Cc2c[nH]c3ccccc23)NC(=O)[C@H](C)NC(=O)[C@@H](NC(=O)[C@H](CC(=O)O)NC(=O)CCOCCOCCOCCOCCOCCOCCOCCOCCN)CSSC[C@@H](C(=O)N[C@H](C(=O)O)[C@@H](C)O)NC(=O)C(Cc2c[nH]c3ccccc23)NC(=O)[C@H](C(C)C)NC(=O)[C@H](CC(C)C)NC(=O)[C@H](CCC(=O)O)NC(=O)CNC1=O. The molecular formula is C88H132N18O28S2. The minimum absolute atomic E-state index is 0.000769. The highest BCUT2D eigenvalue weighted by Gasteiger charge is 2.40. The molecule has 3 aromatic heterocycles. The molecule has 136 heavy (non-hydrogen) atoms. The molecule has 6 rings (SSSR count). The van der Waals surface area contributed by atoms with Gasteiger partial charge in [-0.25, -0.2) is 9.78 Å². The number of aromatic nitrogens is 4. The van der Waals surface area contributed by atoms with Gasteiger partial charge in [0.15, 0.2) is 6.04 Å². The van der Waals surface area contributed by atoms with Gasteiger partial charge in [0.05, 0.1) is 131 Å². The number of nitrogens with two attached hydrogens (primary N) is 1. The number of amides is 13. The van der Waals surface area contributed by atoms with Crippen LogP contribution in [-0.2, 0) is 134 Å². The molecular weight excluding hydrogens is 1820 g/mol. The number of aliphatic carboxylic acids is 3. The molecule has 4 heterocycles. The monoisotopic (exact) mass is 1950 g/mol. The zero-order valence-electron chi connectivity index (χ0n) is 77.6. The van der Waals surface area contributed by atoms with Gasteiger partial charge in [0, 0.05) is 96.2 Å². The normalized spacial score (nSPS) is 20.8. The number of aliphatic hydroxyl groups is 1. The van der Waals surface area contributed by atoms with Gasteiger partial charge < -0.3 is 148 Å². The van der Waals surface area contributed by atoms with E-state index in [4.69, 9.17) is 43.6 Å². The molecule has 0 bridgehead atoms. The Kier molecular flexibility index (Phi) is 51.3. The number of carbonyl (C=O) groups excluding carboxylic acids is 13. The smallest absolute Gasteiger partial charge is 0.328 e. The highest BCUT2D eigenvalue weighted by molar-refractivity contribution is 8.76. The fourth-order valence-corrected chi connectivity index (χ4v) is 16.0. The molecule has 1 aliphatic rings. The van der Waals surface area contributed by atoms with E-state index in [0.29, 0.717) is 111 Å². The van der Waals surface area contributed by atoms with Crippen molar-refractivity contribution in [1.82, 2.24) is 89.1 Å². The Balaban J connectivity index is 1.31. The first-order valence-electron chi connectivity index (χ1n) is 44.9. The van der Waals surface area contributed by atoms with E-state index in [-0.39, 0.29) is 83.6 Å². The number of aliphatic hydroxyl groups excluding tert-OH is 1. The van der Waals surface area contributed by atoms with Gasteiger partial charge in [-0.1, -0.05) is 99.5 Å². The quantitative estimate of drug-likeness (QED) is 0.0145. The number of para-hydroxylation sites is 2. The number of carboxylic acid groups (broad SMARTS) is 3. The number of rotatable bonds is 49. The van der Waals surface area contributed by atoms with Crippen molar-refractivity contribution < 1.29 is 135 Å². The van der Waals surface area contributed by atoms with Gasteiger partial charge in [0.1, 0.15) is 66.5 Å². The summed E-state index contributed by atoms with van der Waals surface area (Å²) in [6.07, 6.45) is 0.145. The van der Waals surface area contributed by atoms with Gasteiger partial charge >= 0.3 is 17.9 Å². The summed E-state index contributed by atoms with van der Waals surface area (Å²) >= 11 is 0. The Hall–Kier alpha value is -11.4. The largest absolute Gasteiger partial charge is 0.481 e. The predicted octanol–water partition coefficient (Wildman–Crippen LogP) is -2.22. The summed E-state index contributed by atoms with van der Waals surface area (Å²) < 4.78 is 43.8. The second kappa shape index (κ2) is 61.6. The van der Waals surface area contributed by atoms with Crippen LogP contribution in [0, 0.1) is 17.8 Å². The summed E-state index contributed by atoms with van der Waals surface area (Å²) in [5, 5.41) is 74.9. The van der Waals surface area contributed by atoms with E-state index >= 15 is 19.2 Å². The van der Waals surface area contributed by atoms with Crippen LogP contribution in [0.15, 0.2) is 73.4 Å². The van der Waals surface area contributed by atoms with Crippen molar-refractivity contribution in [2.24, 2.45) is 23.5 Å². The number of fused-ring (bicyclic) bond motifs is 2. The molecule has 13 amide bonds. The minimum Gasteiger partial charge on any atom is -0.481 e. The highest BCUT2D eigenvalue weighted by atomic mass is 33.1. The lowest BCUT2D eigenvalue weighted by Crippen LogP contribution is -2.61. The lowest BCUT2D eigenvalue weighted by molar-refractivity contribution is -0.145. The van der Waals surface area contributed by atoms with Crippen molar-refractivity contribution >= 4 is 138 Å². The minimum atomic E-state index is -2.00. The lowest BCUT2D eigenvalue weighted by Gasteiger charge is -2.29. The van der Waals surface area contributed by atoms with Crippen LogP contribution < -0.4 is 74.9 Å². The molecule has 754 valence electrons. The maximum atomic E-state index is 15.3. The third-order valence-corrected chi connectivity index (χ3v) is 23.1. The number of H-pyrrole nitrogens is 3. The second-order valence-electron chi connectivity index (χ2n) is 33.1. The number of nitrogens with one attached hydrogen (secondary N) is 16. The topological polar surface area (TPSA) is 671 Å². The van der Waals surface area contributed by atoms with Crippen LogP contribution in [0.4, 0.5) is 0 Å². The van der Waals surface area contributed by atoms with Crippen LogP contribution in [0.1, 0.15) is 111 Å². The van der Waals surface area contributed by atoms with Crippen molar-refractivity contribution in [3.05, 3.63) is 90.3 Å². The zero-order valence-corrected chi connectivity index (χ0v) is 79.2. The van der Waals surface area contributed by atoms with E-state index in [0.717, 1.165) is 28.5 Å². The lowest BCUT2D eigenvalue weighted by atomic mass is 9.98. The maximum absolute atomic E-state index is 15.3. The maximum Gasteiger partial charge on any atom is 0.328 e. The average molecular weight is 1950 g/mol. The molecule has 0 saturated carbocycles. The standard InChI is InChI=1S/C88H132N18O28S2/c1-50(2)37-63-78(115)93-46-72(109)96-62(17-18-73(110)111)79(116)100-64(38-51(3)4)84(121)105-75(52(5)6)87(124)102-66(40-56-44-92-61-16-12-10-14-59(56)61)81(118)104-70(86(123)106-76(54(8)107)88(125)126)48-136-135-47-69(85(122)95-53(7)77(114)98-65(39-55-43-91-60-15-11-9-13-58(55)60)80(117)101-67(82(119)99-63)41-57-45-90-49-94-57)103-83(120)68(42-74(112)113)97-71(108)19-21-127-23-25-129-27-29-131-31-33-133-35-36-134-34-32-132-30-28-130-26-24-128-22-20-89/h9-16,43-45,49-54,62-70,75-76,91-92,107H,17-42,46-48,89H2,1-8H3,(H,90,94)(H,93,115)(H,95,122)(H,96,109)(H,97,108)(H,98,114)(H,99,119)(H,100,116)(H,101,117)(H,102,124)(H,103,120)(H,104,118)(H,105,121)(H,106,123)(H,110,111)(H,112,113)(H,125,126)/t53-,54+,62-,63-,64-,65-,66?,67-,68-,69-,70-,75-,76-/m0/s1. The molecule has 0 aliphatic carbocycles. The van der Waals surface area contributed by atoms with Crippen LogP contribution >= 0.6 is 21.6 Å². The number of carbonyl (C=O) groups is 16. The zero-order chi connectivity index (χ0) is 99.6. The molecule has 1 fully saturated rings. The Morgan fingerprint density at radius 1 is 0.485 bits per heavy atom.